The fourth-order valence-corrected chi connectivity index (χ4v) is 4.66. The minimum Gasteiger partial charge on any atom is -0.478 e. The highest BCUT2D eigenvalue weighted by molar-refractivity contribution is 9.10. The number of rotatable bonds is 3. The van der Waals surface area contributed by atoms with Crippen molar-refractivity contribution in [1.82, 2.24) is 4.98 Å². The van der Waals surface area contributed by atoms with Crippen LogP contribution in [0.2, 0.25) is 0 Å². The molecular weight excluding hydrogens is 396 g/mol. The third-order valence-corrected chi connectivity index (χ3v) is 5.83. The van der Waals surface area contributed by atoms with E-state index in [0.717, 1.165) is 0 Å². The molecule has 6 nitrogen and oxygen atoms in total. The summed E-state index contributed by atoms with van der Waals surface area (Å²) in [7, 11) is -4.18. The number of pyridine rings is 1. The van der Waals surface area contributed by atoms with Crippen molar-refractivity contribution in [3.8, 4) is 0 Å². The zero-order valence-corrected chi connectivity index (χ0v) is 14.5. The topological polar surface area (TPSA) is 110 Å². The molecule has 1 heterocycles. The third-order valence-electron chi connectivity index (χ3n) is 3.47. The summed E-state index contributed by atoms with van der Waals surface area (Å²) in [4.78, 5) is 15.1. The SMILES string of the molecule is Nc1cc(Br)cc(C(=O)O)c1S(=O)(=O)c1cccc2cccnc12. The highest BCUT2D eigenvalue weighted by Crippen LogP contribution is 2.34. The molecule has 122 valence electrons. The summed E-state index contributed by atoms with van der Waals surface area (Å²) in [6, 6.07) is 10.7. The molecule has 3 rings (SSSR count). The number of aromatic nitrogens is 1. The number of carbonyl (C=O) groups is 1. The smallest absolute Gasteiger partial charge is 0.337 e. The molecule has 0 unspecified atom stereocenters. The Labute approximate surface area is 146 Å². The highest BCUT2D eigenvalue weighted by Gasteiger charge is 2.29. The maximum atomic E-state index is 13.1. The lowest BCUT2D eigenvalue weighted by molar-refractivity contribution is 0.0692. The number of anilines is 1. The van der Waals surface area contributed by atoms with Gasteiger partial charge in [-0.15, -0.1) is 0 Å². The Morgan fingerprint density at radius 3 is 2.58 bits per heavy atom. The Hall–Kier alpha value is -2.45. The number of hydrogen-bond donors (Lipinski definition) is 2. The third kappa shape index (κ3) is 2.63. The van der Waals surface area contributed by atoms with Crippen LogP contribution in [0.25, 0.3) is 10.9 Å². The van der Waals surface area contributed by atoms with Crippen LogP contribution in [0.1, 0.15) is 10.4 Å². The van der Waals surface area contributed by atoms with Crippen LogP contribution in [0, 0.1) is 0 Å². The molecule has 0 atom stereocenters. The van der Waals surface area contributed by atoms with Crippen LogP contribution < -0.4 is 5.73 Å². The fourth-order valence-electron chi connectivity index (χ4n) is 2.48. The monoisotopic (exact) mass is 406 g/mol. The van der Waals surface area contributed by atoms with Gasteiger partial charge in [-0.3, -0.25) is 4.98 Å². The van der Waals surface area contributed by atoms with E-state index in [4.69, 9.17) is 5.73 Å². The van der Waals surface area contributed by atoms with E-state index in [2.05, 4.69) is 20.9 Å². The second-order valence-corrected chi connectivity index (χ2v) is 7.78. The largest absolute Gasteiger partial charge is 0.478 e. The van der Waals surface area contributed by atoms with Crippen LogP contribution in [-0.2, 0) is 9.84 Å². The molecule has 0 bridgehead atoms. The van der Waals surface area contributed by atoms with Gasteiger partial charge in [-0.2, -0.15) is 0 Å². The zero-order valence-electron chi connectivity index (χ0n) is 12.1. The van der Waals surface area contributed by atoms with Crippen molar-refractivity contribution in [2.75, 3.05) is 5.73 Å². The molecule has 0 spiro atoms. The second-order valence-electron chi connectivity index (χ2n) is 5.01. The minimum atomic E-state index is -4.18. The Morgan fingerprint density at radius 1 is 1.17 bits per heavy atom. The van der Waals surface area contributed by atoms with Crippen LogP contribution in [0.4, 0.5) is 5.69 Å². The summed E-state index contributed by atoms with van der Waals surface area (Å²) >= 11 is 3.13. The normalized spacial score (nSPS) is 11.5. The van der Waals surface area contributed by atoms with Gasteiger partial charge in [0.2, 0.25) is 9.84 Å². The van der Waals surface area contributed by atoms with Gasteiger partial charge in [-0.1, -0.05) is 34.1 Å². The standard InChI is InChI=1S/C16H11BrN2O4S/c17-10-7-11(16(20)21)15(12(18)8-10)24(22,23)13-5-1-3-9-4-2-6-19-14(9)13/h1-8H,18H2,(H,20,21). The van der Waals surface area contributed by atoms with Crippen LogP contribution in [0.3, 0.4) is 0 Å². The molecule has 0 saturated carbocycles. The van der Waals surface area contributed by atoms with Gasteiger partial charge in [0.15, 0.2) is 0 Å². The van der Waals surface area contributed by atoms with Gasteiger partial charge in [0.1, 0.15) is 4.90 Å². The number of fused-ring (bicyclic) bond motifs is 1. The second kappa shape index (κ2) is 5.88. The van der Waals surface area contributed by atoms with Gasteiger partial charge < -0.3 is 10.8 Å². The summed E-state index contributed by atoms with van der Waals surface area (Å²) in [5.41, 5.74) is 5.56. The number of nitrogens with zero attached hydrogens (tertiary/aromatic N) is 1. The molecule has 2 aromatic carbocycles. The van der Waals surface area contributed by atoms with Crippen LogP contribution in [0.15, 0.2) is 62.9 Å². The Bertz CT molecular complexity index is 1080. The average Bonchev–Trinajstić information content (AvgIpc) is 2.53. The maximum Gasteiger partial charge on any atom is 0.337 e. The molecule has 0 aliphatic carbocycles. The number of sulfone groups is 1. The van der Waals surface area contributed by atoms with Crippen LogP contribution in [0.5, 0.6) is 0 Å². The first-order valence-electron chi connectivity index (χ1n) is 6.73. The van der Waals surface area contributed by atoms with Crippen LogP contribution in [-0.4, -0.2) is 24.5 Å². The summed E-state index contributed by atoms with van der Waals surface area (Å²) in [6.07, 6.45) is 1.48. The van der Waals surface area contributed by atoms with Crippen molar-refractivity contribution >= 4 is 48.3 Å². The van der Waals surface area contributed by atoms with Gasteiger partial charge in [0.05, 0.1) is 21.7 Å². The number of benzene rings is 2. The van der Waals surface area contributed by atoms with Gasteiger partial charge in [-0.25, -0.2) is 13.2 Å². The number of hydrogen-bond acceptors (Lipinski definition) is 5. The Morgan fingerprint density at radius 2 is 1.88 bits per heavy atom. The minimum absolute atomic E-state index is 0.0860. The lowest BCUT2D eigenvalue weighted by Gasteiger charge is -2.13. The first-order chi connectivity index (χ1) is 11.3. The molecule has 3 N–H and O–H groups in total. The highest BCUT2D eigenvalue weighted by atomic mass is 79.9. The van der Waals surface area contributed by atoms with Crippen LogP contribution >= 0.6 is 15.9 Å². The van der Waals surface area contributed by atoms with E-state index in [0.29, 0.717) is 9.86 Å². The zero-order chi connectivity index (χ0) is 17.5. The van der Waals surface area contributed by atoms with E-state index in [1.807, 2.05) is 0 Å². The first kappa shape index (κ1) is 16.4. The summed E-state index contributed by atoms with van der Waals surface area (Å²) in [5, 5.41) is 10.0. The molecule has 0 radical (unpaired) electrons. The number of nitrogens with two attached hydrogens (primary N) is 1. The van der Waals surface area contributed by atoms with E-state index in [-0.39, 0.29) is 16.1 Å². The quantitative estimate of drug-likeness (QED) is 0.646. The van der Waals surface area contributed by atoms with E-state index >= 15 is 0 Å². The predicted octanol–water partition coefficient (Wildman–Crippen LogP) is 3.11. The van der Waals surface area contributed by atoms with Crippen molar-refractivity contribution in [2.45, 2.75) is 9.79 Å². The van der Waals surface area contributed by atoms with Gasteiger partial charge in [0, 0.05) is 16.1 Å². The number of carboxylic acid groups (broad SMARTS) is 1. The van der Waals surface area contributed by atoms with Gasteiger partial charge >= 0.3 is 5.97 Å². The molecule has 0 aliphatic rings. The van der Waals surface area contributed by atoms with Crippen molar-refractivity contribution in [3.63, 3.8) is 0 Å². The molecule has 8 heteroatoms. The summed E-state index contributed by atoms with van der Waals surface area (Å²) in [5.74, 6) is -1.38. The van der Waals surface area contributed by atoms with E-state index in [9.17, 15) is 18.3 Å². The number of halogens is 1. The molecule has 0 fully saturated rings. The average molecular weight is 407 g/mol. The van der Waals surface area contributed by atoms with Crippen molar-refractivity contribution < 1.29 is 18.3 Å². The molecule has 3 aromatic rings. The Kier molecular flexibility index (Phi) is 4.02. The molecular formula is C16H11BrN2O4S. The maximum absolute atomic E-state index is 13.1. The van der Waals surface area contributed by atoms with Gasteiger partial charge in [-0.05, 0) is 24.3 Å². The number of para-hydroxylation sites is 1. The summed E-state index contributed by atoms with van der Waals surface area (Å²) < 4.78 is 26.6. The Balaban J connectivity index is 2.39. The lowest BCUT2D eigenvalue weighted by Crippen LogP contribution is -2.13. The number of carboxylic acids is 1. The van der Waals surface area contributed by atoms with Crippen molar-refractivity contribution in [3.05, 3.63) is 58.7 Å². The fraction of sp³-hybridized carbons (Fsp3) is 0. The van der Waals surface area contributed by atoms with Gasteiger partial charge in [0.25, 0.3) is 0 Å². The van der Waals surface area contributed by atoms with E-state index < -0.39 is 26.3 Å². The molecule has 0 aliphatic heterocycles. The van der Waals surface area contributed by atoms with E-state index in [1.54, 1.807) is 24.3 Å². The lowest BCUT2D eigenvalue weighted by atomic mass is 10.2. The molecule has 24 heavy (non-hydrogen) atoms. The van der Waals surface area contributed by atoms with E-state index in [1.165, 1.54) is 24.4 Å². The van der Waals surface area contributed by atoms with Crippen molar-refractivity contribution in [1.29, 1.82) is 0 Å². The molecule has 1 aromatic heterocycles. The van der Waals surface area contributed by atoms with Crippen molar-refractivity contribution in [2.24, 2.45) is 0 Å². The number of aromatic carboxylic acids is 1. The molecule has 0 saturated heterocycles. The molecule has 0 amide bonds. The summed E-state index contributed by atoms with van der Waals surface area (Å²) in [6.45, 7) is 0. The number of nitrogen functional groups attached to an aromatic ring is 1. The first-order valence-corrected chi connectivity index (χ1v) is 9.01. The predicted molar refractivity (Wildman–Crippen MR) is 92.7 cm³/mol.